The van der Waals surface area contributed by atoms with E-state index in [0.717, 1.165) is 12.8 Å². The summed E-state index contributed by atoms with van der Waals surface area (Å²) >= 11 is 0. The number of aromatic hydroxyl groups is 1. The number of nitrogens with one attached hydrogen (secondary N) is 1. The van der Waals surface area contributed by atoms with Gasteiger partial charge in [-0.3, -0.25) is 9.59 Å². The Bertz CT molecular complexity index is 542. The SMILES string of the molecule is CC(C)CC(C(=O)Nc1cccc(O)c1)N1CCCCC1=O. The van der Waals surface area contributed by atoms with Crippen LogP contribution in [-0.2, 0) is 9.59 Å². The van der Waals surface area contributed by atoms with E-state index in [4.69, 9.17) is 0 Å². The van der Waals surface area contributed by atoms with Crippen molar-refractivity contribution in [2.24, 2.45) is 5.92 Å². The van der Waals surface area contributed by atoms with Crippen LogP contribution in [0.4, 0.5) is 5.69 Å². The quantitative estimate of drug-likeness (QED) is 0.879. The lowest BCUT2D eigenvalue weighted by Crippen LogP contribution is -2.49. The van der Waals surface area contributed by atoms with Crippen molar-refractivity contribution in [2.75, 3.05) is 11.9 Å². The third-order valence-electron chi connectivity index (χ3n) is 3.85. The molecule has 0 spiro atoms. The van der Waals surface area contributed by atoms with Crippen LogP contribution in [0.1, 0.15) is 39.5 Å². The van der Waals surface area contributed by atoms with Gasteiger partial charge in [0.2, 0.25) is 11.8 Å². The van der Waals surface area contributed by atoms with Crippen LogP contribution in [0.15, 0.2) is 24.3 Å². The molecule has 2 N–H and O–H groups in total. The highest BCUT2D eigenvalue weighted by atomic mass is 16.3. The van der Waals surface area contributed by atoms with Crippen LogP contribution in [0.5, 0.6) is 5.75 Å². The van der Waals surface area contributed by atoms with E-state index in [1.807, 2.05) is 13.8 Å². The molecule has 120 valence electrons. The Morgan fingerprint density at radius 1 is 1.36 bits per heavy atom. The number of anilines is 1. The molecule has 1 atom stereocenters. The maximum atomic E-state index is 12.6. The standard InChI is InChI=1S/C17H24N2O3/c1-12(2)10-15(19-9-4-3-8-16(19)21)17(22)18-13-6-5-7-14(20)11-13/h5-7,11-12,15,20H,3-4,8-10H2,1-2H3,(H,18,22). The Balaban J connectivity index is 2.13. The van der Waals surface area contributed by atoms with Crippen LogP contribution in [-0.4, -0.2) is 34.4 Å². The maximum Gasteiger partial charge on any atom is 0.247 e. The van der Waals surface area contributed by atoms with Crippen LogP contribution in [0.2, 0.25) is 0 Å². The first-order valence-corrected chi connectivity index (χ1v) is 7.86. The van der Waals surface area contributed by atoms with Gasteiger partial charge < -0.3 is 15.3 Å². The third kappa shape index (κ3) is 4.23. The first-order valence-electron chi connectivity index (χ1n) is 7.86. The lowest BCUT2D eigenvalue weighted by Gasteiger charge is -2.34. The van der Waals surface area contributed by atoms with E-state index < -0.39 is 6.04 Å². The number of nitrogens with zero attached hydrogens (tertiary/aromatic N) is 1. The average Bonchev–Trinajstić information content (AvgIpc) is 2.45. The van der Waals surface area contributed by atoms with Crippen molar-refractivity contribution in [1.82, 2.24) is 4.90 Å². The smallest absolute Gasteiger partial charge is 0.247 e. The number of benzene rings is 1. The van der Waals surface area contributed by atoms with Crippen LogP contribution in [0.3, 0.4) is 0 Å². The molecule has 1 saturated heterocycles. The fraction of sp³-hybridized carbons (Fsp3) is 0.529. The summed E-state index contributed by atoms with van der Waals surface area (Å²) in [6, 6.07) is 6.00. The molecule has 1 aliphatic heterocycles. The highest BCUT2D eigenvalue weighted by molar-refractivity contribution is 5.97. The Hall–Kier alpha value is -2.04. The van der Waals surface area contributed by atoms with Gasteiger partial charge in [-0.2, -0.15) is 0 Å². The Kier molecular flexibility index (Phi) is 5.41. The number of carbonyl (C=O) groups excluding carboxylic acids is 2. The van der Waals surface area contributed by atoms with Gasteiger partial charge in [0.25, 0.3) is 0 Å². The molecule has 1 unspecified atom stereocenters. The summed E-state index contributed by atoms with van der Waals surface area (Å²) in [4.78, 5) is 26.5. The number of carbonyl (C=O) groups is 2. The second kappa shape index (κ2) is 7.29. The Morgan fingerprint density at radius 3 is 2.77 bits per heavy atom. The van der Waals surface area contributed by atoms with Gasteiger partial charge in [-0.25, -0.2) is 0 Å². The number of amides is 2. The minimum Gasteiger partial charge on any atom is -0.508 e. The first-order chi connectivity index (χ1) is 10.5. The van der Waals surface area contributed by atoms with Crippen molar-refractivity contribution in [2.45, 2.75) is 45.6 Å². The number of phenolic OH excluding ortho intramolecular Hbond substituents is 1. The molecule has 5 heteroatoms. The molecule has 1 fully saturated rings. The van der Waals surface area contributed by atoms with Crippen molar-refractivity contribution in [3.8, 4) is 5.75 Å². The third-order valence-corrected chi connectivity index (χ3v) is 3.85. The van der Waals surface area contributed by atoms with Gasteiger partial charge in [0.15, 0.2) is 0 Å². The molecule has 1 aromatic carbocycles. The lowest BCUT2D eigenvalue weighted by molar-refractivity contribution is -0.141. The molecule has 1 aromatic rings. The molecule has 2 rings (SSSR count). The van der Waals surface area contributed by atoms with Crippen molar-refractivity contribution in [1.29, 1.82) is 0 Å². The molecule has 0 aromatic heterocycles. The van der Waals surface area contributed by atoms with Crippen molar-refractivity contribution >= 4 is 17.5 Å². The molecule has 0 aliphatic carbocycles. The molecule has 0 saturated carbocycles. The summed E-state index contributed by atoms with van der Waals surface area (Å²) in [5, 5.41) is 12.3. The molecule has 0 radical (unpaired) electrons. The van der Waals surface area contributed by atoms with Gasteiger partial charge in [0.1, 0.15) is 11.8 Å². The van der Waals surface area contributed by atoms with E-state index in [-0.39, 0.29) is 17.6 Å². The summed E-state index contributed by atoms with van der Waals surface area (Å²) < 4.78 is 0. The topological polar surface area (TPSA) is 69.6 Å². The second-order valence-electron chi connectivity index (χ2n) is 6.23. The fourth-order valence-electron chi connectivity index (χ4n) is 2.79. The highest BCUT2D eigenvalue weighted by Gasteiger charge is 2.31. The number of likely N-dealkylation sites (tertiary alicyclic amines) is 1. The molecular weight excluding hydrogens is 280 g/mol. The van der Waals surface area contributed by atoms with E-state index in [0.29, 0.717) is 31.0 Å². The van der Waals surface area contributed by atoms with E-state index in [2.05, 4.69) is 5.32 Å². The summed E-state index contributed by atoms with van der Waals surface area (Å²) in [5.41, 5.74) is 0.545. The monoisotopic (exact) mass is 304 g/mol. The fourth-order valence-corrected chi connectivity index (χ4v) is 2.79. The minimum absolute atomic E-state index is 0.0583. The second-order valence-corrected chi connectivity index (χ2v) is 6.23. The van der Waals surface area contributed by atoms with E-state index >= 15 is 0 Å². The van der Waals surface area contributed by atoms with Gasteiger partial charge in [-0.1, -0.05) is 19.9 Å². The minimum atomic E-state index is -0.449. The molecule has 5 nitrogen and oxygen atoms in total. The molecule has 22 heavy (non-hydrogen) atoms. The number of rotatable bonds is 5. The van der Waals surface area contributed by atoms with Gasteiger partial charge in [0, 0.05) is 24.7 Å². The largest absolute Gasteiger partial charge is 0.508 e. The molecule has 0 bridgehead atoms. The summed E-state index contributed by atoms with van der Waals surface area (Å²) in [5.74, 6) is 0.291. The number of hydrogen-bond acceptors (Lipinski definition) is 3. The van der Waals surface area contributed by atoms with Crippen LogP contribution < -0.4 is 5.32 Å². The Morgan fingerprint density at radius 2 is 2.14 bits per heavy atom. The zero-order chi connectivity index (χ0) is 16.1. The van der Waals surface area contributed by atoms with Crippen molar-refractivity contribution in [3.63, 3.8) is 0 Å². The zero-order valence-corrected chi connectivity index (χ0v) is 13.2. The lowest BCUT2D eigenvalue weighted by atomic mass is 9.98. The average molecular weight is 304 g/mol. The van der Waals surface area contributed by atoms with E-state index in [1.54, 1.807) is 23.1 Å². The van der Waals surface area contributed by atoms with Crippen LogP contribution in [0.25, 0.3) is 0 Å². The highest BCUT2D eigenvalue weighted by Crippen LogP contribution is 2.21. The van der Waals surface area contributed by atoms with Crippen molar-refractivity contribution in [3.05, 3.63) is 24.3 Å². The summed E-state index contributed by atoms with van der Waals surface area (Å²) in [6.45, 7) is 4.73. The predicted molar refractivity (Wildman–Crippen MR) is 85.5 cm³/mol. The van der Waals surface area contributed by atoms with Crippen molar-refractivity contribution < 1.29 is 14.7 Å². The maximum absolute atomic E-state index is 12.6. The van der Waals surface area contributed by atoms with Crippen LogP contribution >= 0.6 is 0 Å². The van der Waals surface area contributed by atoms with Crippen LogP contribution in [0, 0.1) is 5.92 Å². The number of phenols is 1. The predicted octanol–water partition coefficient (Wildman–Crippen LogP) is 2.76. The normalized spacial score (nSPS) is 16.7. The van der Waals surface area contributed by atoms with Gasteiger partial charge in [0.05, 0.1) is 0 Å². The van der Waals surface area contributed by atoms with Gasteiger partial charge >= 0.3 is 0 Å². The van der Waals surface area contributed by atoms with E-state index in [9.17, 15) is 14.7 Å². The number of hydrogen-bond donors (Lipinski definition) is 2. The number of piperidine rings is 1. The van der Waals surface area contributed by atoms with Gasteiger partial charge in [-0.15, -0.1) is 0 Å². The first kappa shape index (κ1) is 16.3. The molecule has 1 heterocycles. The molecule has 1 aliphatic rings. The summed E-state index contributed by atoms with van der Waals surface area (Å²) in [6.07, 6.45) is 3.00. The molecule has 2 amide bonds. The molecular formula is C17H24N2O3. The van der Waals surface area contributed by atoms with Gasteiger partial charge in [-0.05, 0) is 37.3 Å². The zero-order valence-electron chi connectivity index (χ0n) is 13.2. The Labute approximate surface area is 131 Å². The van der Waals surface area contributed by atoms with E-state index in [1.165, 1.54) is 6.07 Å². The summed E-state index contributed by atoms with van der Waals surface area (Å²) in [7, 11) is 0.